The lowest BCUT2D eigenvalue weighted by Crippen LogP contribution is -2.31. The summed E-state index contributed by atoms with van der Waals surface area (Å²) >= 11 is 0. The van der Waals surface area contributed by atoms with E-state index in [1.54, 1.807) is 18.3 Å². The highest BCUT2D eigenvalue weighted by Gasteiger charge is 2.42. The van der Waals surface area contributed by atoms with E-state index in [4.69, 9.17) is 0 Å². The van der Waals surface area contributed by atoms with Crippen LogP contribution in [0.3, 0.4) is 0 Å². The van der Waals surface area contributed by atoms with Crippen LogP contribution in [-0.2, 0) is 16.6 Å². The second-order valence-corrected chi connectivity index (χ2v) is 7.80. The van der Waals surface area contributed by atoms with Crippen LogP contribution in [-0.4, -0.2) is 43.1 Å². The van der Waals surface area contributed by atoms with E-state index in [1.165, 1.54) is 19.3 Å². The quantitative estimate of drug-likeness (QED) is 0.864. The van der Waals surface area contributed by atoms with E-state index in [0.717, 1.165) is 0 Å². The maximum Gasteiger partial charge on any atom is 0.246 e. The van der Waals surface area contributed by atoms with Crippen molar-refractivity contribution in [2.45, 2.75) is 37.6 Å². The van der Waals surface area contributed by atoms with Crippen LogP contribution in [0.25, 0.3) is 0 Å². The maximum atomic E-state index is 12.9. The molecule has 0 amide bonds. The maximum absolute atomic E-state index is 12.9. The molecule has 1 aliphatic heterocycles. The summed E-state index contributed by atoms with van der Waals surface area (Å²) in [6.45, 7) is 3.59. The number of nitrogens with one attached hydrogen (secondary N) is 2. The third kappa shape index (κ3) is 2.17. The summed E-state index contributed by atoms with van der Waals surface area (Å²) in [5, 5.41) is 9.90. The lowest BCUT2D eigenvalue weighted by Gasteiger charge is -2.17. The fourth-order valence-corrected chi connectivity index (χ4v) is 5.50. The van der Waals surface area contributed by atoms with Gasteiger partial charge in [-0.25, -0.2) is 8.42 Å². The Labute approximate surface area is 120 Å². The van der Waals surface area contributed by atoms with Gasteiger partial charge >= 0.3 is 0 Å². The van der Waals surface area contributed by atoms with Gasteiger partial charge in [-0.15, -0.1) is 0 Å². The molecule has 2 atom stereocenters. The zero-order chi connectivity index (χ0) is 14.3. The lowest BCUT2D eigenvalue weighted by molar-refractivity contribution is 0.444. The van der Waals surface area contributed by atoms with Crippen LogP contribution in [0.4, 0.5) is 0 Å². The molecular formula is C13H22N4O2S. The van der Waals surface area contributed by atoms with E-state index in [2.05, 4.69) is 15.5 Å². The minimum atomic E-state index is -3.42. The molecule has 6 nitrogen and oxygen atoms in total. The van der Waals surface area contributed by atoms with Crippen LogP contribution in [0.2, 0.25) is 0 Å². The van der Waals surface area contributed by atoms with Crippen LogP contribution < -0.4 is 5.32 Å². The van der Waals surface area contributed by atoms with Gasteiger partial charge in [0.2, 0.25) is 10.0 Å². The van der Waals surface area contributed by atoms with E-state index in [9.17, 15) is 8.42 Å². The molecule has 1 aromatic rings. The third-order valence-electron chi connectivity index (χ3n) is 4.60. The smallest absolute Gasteiger partial charge is 0.246 e. The molecule has 2 heterocycles. The van der Waals surface area contributed by atoms with E-state index in [1.807, 2.05) is 0 Å². The summed E-state index contributed by atoms with van der Waals surface area (Å²) in [4.78, 5) is 0.367. The van der Waals surface area contributed by atoms with Gasteiger partial charge in [0.25, 0.3) is 0 Å². The van der Waals surface area contributed by atoms with Crippen molar-refractivity contribution in [2.24, 2.45) is 11.8 Å². The van der Waals surface area contributed by atoms with Gasteiger partial charge in [0.1, 0.15) is 4.90 Å². The molecule has 0 bridgehead atoms. The van der Waals surface area contributed by atoms with E-state index < -0.39 is 10.0 Å². The number of aromatic nitrogens is 2. The molecule has 1 saturated heterocycles. The summed E-state index contributed by atoms with van der Waals surface area (Å²) in [5.41, 5.74) is 1.22. The van der Waals surface area contributed by atoms with Crippen LogP contribution in [0.1, 0.15) is 30.7 Å². The van der Waals surface area contributed by atoms with Gasteiger partial charge in [-0.3, -0.25) is 5.10 Å². The van der Waals surface area contributed by atoms with Gasteiger partial charge < -0.3 is 5.32 Å². The van der Waals surface area contributed by atoms with Crippen molar-refractivity contribution in [3.63, 3.8) is 0 Å². The minimum Gasteiger partial charge on any atom is -0.314 e. The fourth-order valence-electron chi connectivity index (χ4n) is 3.62. The number of nitrogens with zero attached hydrogens (tertiary/aromatic N) is 2. The molecule has 1 saturated carbocycles. The van der Waals surface area contributed by atoms with Crippen molar-refractivity contribution < 1.29 is 8.42 Å². The largest absolute Gasteiger partial charge is 0.314 e. The molecule has 2 unspecified atom stereocenters. The normalized spacial score (nSPS) is 27.1. The van der Waals surface area contributed by atoms with Crippen molar-refractivity contribution in [3.8, 4) is 0 Å². The van der Waals surface area contributed by atoms with Crippen molar-refractivity contribution in [2.75, 3.05) is 20.1 Å². The summed E-state index contributed by atoms with van der Waals surface area (Å²) in [5.74, 6) is 1.12. The molecule has 2 aliphatic rings. The number of sulfonamides is 1. The van der Waals surface area contributed by atoms with Gasteiger partial charge in [-0.1, -0.05) is 6.42 Å². The Bertz CT molecular complexity index is 584. The first kappa shape index (κ1) is 14.0. The van der Waals surface area contributed by atoms with Crippen LogP contribution in [0.15, 0.2) is 4.90 Å². The standard InChI is InChI=1S/C13H22N4O2S/c1-9-13(12(6-14-2)16-15-9)20(18,19)17-7-10-4-3-5-11(10)8-17/h10-11,14H,3-8H2,1-2H3,(H,15,16). The number of H-pyrrole nitrogens is 1. The molecule has 7 heteroatoms. The van der Waals surface area contributed by atoms with E-state index >= 15 is 0 Å². The number of fused-ring (bicyclic) bond motifs is 1. The fraction of sp³-hybridized carbons (Fsp3) is 0.769. The predicted octanol–water partition coefficient (Wildman–Crippen LogP) is 0.858. The molecule has 2 N–H and O–H groups in total. The van der Waals surface area contributed by atoms with Gasteiger partial charge in [0.05, 0.1) is 11.4 Å². The Morgan fingerprint density at radius 2 is 2.00 bits per heavy atom. The Morgan fingerprint density at radius 3 is 2.60 bits per heavy atom. The summed E-state index contributed by atoms with van der Waals surface area (Å²) in [6, 6.07) is 0. The summed E-state index contributed by atoms with van der Waals surface area (Å²) < 4.78 is 27.4. The predicted molar refractivity (Wildman–Crippen MR) is 75.7 cm³/mol. The third-order valence-corrected chi connectivity index (χ3v) is 6.63. The number of hydrogen-bond acceptors (Lipinski definition) is 4. The van der Waals surface area contributed by atoms with Crippen molar-refractivity contribution in [1.82, 2.24) is 19.8 Å². The SMILES string of the molecule is CNCc1n[nH]c(C)c1S(=O)(=O)N1CC2CCCC2C1. The topological polar surface area (TPSA) is 78.1 Å². The van der Waals surface area contributed by atoms with E-state index in [-0.39, 0.29) is 0 Å². The number of aryl methyl sites for hydroxylation is 1. The molecule has 1 aromatic heterocycles. The molecule has 0 spiro atoms. The Kier molecular flexibility index (Phi) is 3.60. The number of aromatic amines is 1. The molecular weight excluding hydrogens is 276 g/mol. The molecule has 0 aromatic carbocycles. The van der Waals surface area contributed by atoms with Gasteiger partial charge in [-0.05, 0) is 38.6 Å². The second kappa shape index (κ2) is 5.13. The first-order valence-electron chi connectivity index (χ1n) is 7.22. The van der Waals surface area contributed by atoms with Crippen LogP contribution in [0, 0.1) is 18.8 Å². The molecule has 1 aliphatic carbocycles. The van der Waals surface area contributed by atoms with Crippen molar-refractivity contribution >= 4 is 10.0 Å². The van der Waals surface area contributed by atoms with Gasteiger partial charge in [0.15, 0.2) is 0 Å². The zero-order valence-corrected chi connectivity index (χ0v) is 12.8. The average molecular weight is 298 g/mol. The minimum absolute atomic E-state index is 0.367. The highest BCUT2D eigenvalue weighted by atomic mass is 32.2. The molecule has 0 radical (unpaired) electrons. The van der Waals surface area contributed by atoms with Crippen molar-refractivity contribution in [1.29, 1.82) is 0 Å². The van der Waals surface area contributed by atoms with Crippen molar-refractivity contribution in [3.05, 3.63) is 11.4 Å². The van der Waals surface area contributed by atoms with Crippen LogP contribution >= 0.6 is 0 Å². The van der Waals surface area contributed by atoms with Crippen LogP contribution in [0.5, 0.6) is 0 Å². The summed E-state index contributed by atoms with van der Waals surface area (Å²) in [7, 11) is -1.63. The lowest BCUT2D eigenvalue weighted by atomic mass is 10.0. The first-order chi connectivity index (χ1) is 9.54. The number of rotatable bonds is 4. The highest BCUT2D eigenvalue weighted by Crippen LogP contribution is 2.40. The number of hydrogen-bond donors (Lipinski definition) is 2. The average Bonchev–Trinajstić information content (AvgIpc) is 3.03. The molecule has 112 valence electrons. The van der Waals surface area contributed by atoms with E-state index in [0.29, 0.717) is 47.8 Å². The zero-order valence-electron chi connectivity index (χ0n) is 12.0. The Balaban J connectivity index is 1.91. The monoisotopic (exact) mass is 298 g/mol. The first-order valence-corrected chi connectivity index (χ1v) is 8.66. The molecule has 2 fully saturated rings. The summed E-state index contributed by atoms with van der Waals surface area (Å²) in [6.07, 6.45) is 3.59. The Hall–Kier alpha value is -0.920. The molecule has 20 heavy (non-hydrogen) atoms. The highest BCUT2D eigenvalue weighted by molar-refractivity contribution is 7.89. The molecule has 3 rings (SSSR count). The Morgan fingerprint density at radius 1 is 1.35 bits per heavy atom. The van der Waals surface area contributed by atoms with Gasteiger partial charge in [0, 0.05) is 19.6 Å². The second-order valence-electron chi connectivity index (χ2n) is 5.93. The van der Waals surface area contributed by atoms with Gasteiger partial charge in [-0.2, -0.15) is 9.40 Å².